The summed E-state index contributed by atoms with van der Waals surface area (Å²) in [4.78, 5) is 11.8. The van der Waals surface area contributed by atoms with Gasteiger partial charge in [-0.25, -0.2) is 0 Å². The number of hydrogen-bond acceptors (Lipinski definition) is 3. The highest BCUT2D eigenvalue weighted by molar-refractivity contribution is 5.75. The molecule has 1 heterocycles. The maximum absolute atomic E-state index is 11.8. The van der Waals surface area contributed by atoms with Gasteiger partial charge in [0.1, 0.15) is 6.54 Å². The first-order chi connectivity index (χ1) is 8.58. The van der Waals surface area contributed by atoms with E-state index in [2.05, 4.69) is 10.4 Å². The van der Waals surface area contributed by atoms with E-state index in [-0.39, 0.29) is 12.5 Å². The molecule has 1 amide bonds. The lowest BCUT2D eigenvalue weighted by Gasteiger charge is -2.25. The molecule has 5 nitrogen and oxygen atoms in total. The van der Waals surface area contributed by atoms with E-state index >= 15 is 0 Å². The second-order valence-corrected chi connectivity index (χ2v) is 5.18. The molecule has 18 heavy (non-hydrogen) atoms. The lowest BCUT2D eigenvalue weighted by Crippen LogP contribution is -2.31. The molecule has 0 unspecified atom stereocenters. The Kier molecular flexibility index (Phi) is 3.89. The zero-order valence-corrected chi connectivity index (χ0v) is 11.2. The zero-order valence-electron chi connectivity index (χ0n) is 11.2. The summed E-state index contributed by atoms with van der Waals surface area (Å²) < 4.78 is 1.67. The van der Waals surface area contributed by atoms with Crippen LogP contribution in [-0.2, 0) is 11.3 Å². The Morgan fingerprint density at radius 2 is 2.22 bits per heavy atom. The number of nitrogen functional groups attached to an aromatic ring is 1. The van der Waals surface area contributed by atoms with Crippen LogP contribution in [0.2, 0.25) is 0 Å². The molecule has 1 fully saturated rings. The monoisotopic (exact) mass is 250 g/mol. The molecule has 5 heteroatoms. The normalized spacial score (nSPS) is 15.4. The third-order valence-electron chi connectivity index (χ3n) is 3.83. The molecule has 0 aliphatic heterocycles. The van der Waals surface area contributed by atoms with Crippen molar-refractivity contribution in [3.8, 4) is 0 Å². The van der Waals surface area contributed by atoms with E-state index in [0.29, 0.717) is 5.69 Å². The number of anilines is 1. The Hall–Kier alpha value is -1.52. The highest BCUT2D eigenvalue weighted by Gasteiger charge is 2.17. The molecule has 0 atom stereocenters. The van der Waals surface area contributed by atoms with Gasteiger partial charge < -0.3 is 11.1 Å². The van der Waals surface area contributed by atoms with Crippen molar-refractivity contribution in [1.29, 1.82) is 0 Å². The van der Waals surface area contributed by atoms with E-state index in [1.54, 1.807) is 4.68 Å². The molecule has 1 aliphatic rings. The predicted molar refractivity (Wildman–Crippen MR) is 71.1 cm³/mol. The number of nitrogens with one attached hydrogen (secondary N) is 1. The third kappa shape index (κ3) is 2.83. The molecule has 1 saturated carbocycles. The fraction of sp³-hybridized carbons (Fsp3) is 0.692. The molecule has 100 valence electrons. The minimum atomic E-state index is 0.0138. The van der Waals surface area contributed by atoms with Crippen LogP contribution in [0, 0.1) is 19.8 Å². The van der Waals surface area contributed by atoms with Gasteiger partial charge >= 0.3 is 0 Å². The lowest BCUT2D eigenvalue weighted by atomic mass is 9.83. The summed E-state index contributed by atoms with van der Waals surface area (Å²) in [5.74, 6) is 0.842. The van der Waals surface area contributed by atoms with E-state index in [9.17, 15) is 4.79 Å². The van der Waals surface area contributed by atoms with Gasteiger partial charge in [-0.3, -0.25) is 9.48 Å². The van der Waals surface area contributed by atoms with Gasteiger partial charge in [0.2, 0.25) is 5.91 Å². The Morgan fingerprint density at radius 3 is 2.72 bits per heavy atom. The first-order valence-corrected chi connectivity index (χ1v) is 6.64. The Labute approximate surface area is 108 Å². The Morgan fingerprint density at radius 1 is 1.50 bits per heavy atom. The summed E-state index contributed by atoms with van der Waals surface area (Å²) in [7, 11) is 0. The topological polar surface area (TPSA) is 72.9 Å². The van der Waals surface area contributed by atoms with Crippen molar-refractivity contribution in [3.05, 3.63) is 11.4 Å². The molecular weight excluding hydrogens is 228 g/mol. The van der Waals surface area contributed by atoms with Gasteiger partial charge in [-0.2, -0.15) is 5.10 Å². The summed E-state index contributed by atoms with van der Waals surface area (Å²) in [6.45, 7) is 4.77. The first-order valence-electron chi connectivity index (χ1n) is 6.64. The number of carbonyl (C=O) groups is 1. The second-order valence-electron chi connectivity index (χ2n) is 5.18. The van der Waals surface area contributed by atoms with Gasteiger partial charge in [0, 0.05) is 6.54 Å². The molecule has 1 aliphatic carbocycles. The molecule has 0 saturated heterocycles. The summed E-state index contributed by atoms with van der Waals surface area (Å²) >= 11 is 0. The number of amides is 1. The van der Waals surface area contributed by atoms with Gasteiger partial charge in [-0.15, -0.1) is 0 Å². The lowest BCUT2D eigenvalue weighted by molar-refractivity contribution is -0.121. The van der Waals surface area contributed by atoms with Crippen molar-refractivity contribution in [1.82, 2.24) is 15.1 Å². The van der Waals surface area contributed by atoms with Crippen LogP contribution in [0.4, 0.5) is 5.69 Å². The highest BCUT2D eigenvalue weighted by atomic mass is 16.2. The Bertz CT molecular complexity index is 434. The van der Waals surface area contributed by atoms with Crippen LogP contribution in [0.15, 0.2) is 0 Å². The summed E-state index contributed by atoms with van der Waals surface area (Å²) in [6.07, 6.45) is 5.10. The first kappa shape index (κ1) is 12.9. The van der Waals surface area contributed by atoms with Crippen molar-refractivity contribution in [2.24, 2.45) is 5.92 Å². The fourth-order valence-corrected chi connectivity index (χ4v) is 2.25. The van der Waals surface area contributed by atoms with Crippen LogP contribution in [0.1, 0.15) is 37.1 Å². The Balaban J connectivity index is 1.77. The van der Waals surface area contributed by atoms with E-state index in [1.807, 2.05) is 13.8 Å². The van der Waals surface area contributed by atoms with Gasteiger partial charge in [-0.05, 0) is 26.2 Å². The minimum Gasteiger partial charge on any atom is -0.396 e. The van der Waals surface area contributed by atoms with Crippen molar-refractivity contribution < 1.29 is 4.79 Å². The molecule has 0 bridgehead atoms. The van der Waals surface area contributed by atoms with Crippen LogP contribution < -0.4 is 11.1 Å². The van der Waals surface area contributed by atoms with Gasteiger partial charge in [-0.1, -0.05) is 19.3 Å². The van der Waals surface area contributed by atoms with Crippen molar-refractivity contribution in [2.75, 3.05) is 12.3 Å². The molecule has 0 spiro atoms. The van der Waals surface area contributed by atoms with Crippen LogP contribution in [-0.4, -0.2) is 22.2 Å². The molecule has 0 radical (unpaired) electrons. The van der Waals surface area contributed by atoms with Crippen LogP contribution in [0.25, 0.3) is 0 Å². The number of hydrogen-bond donors (Lipinski definition) is 2. The predicted octanol–water partition coefficient (Wildman–Crippen LogP) is 1.39. The van der Waals surface area contributed by atoms with Gasteiger partial charge in [0.25, 0.3) is 0 Å². The van der Waals surface area contributed by atoms with Crippen LogP contribution >= 0.6 is 0 Å². The molecule has 1 aromatic rings. The van der Waals surface area contributed by atoms with Crippen molar-refractivity contribution in [3.63, 3.8) is 0 Å². The largest absolute Gasteiger partial charge is 0.396 e. The molecule has 2 rings (SSSR count). The summed E-state index contributed by atoms with van der Waals surface area (Å²) in [6, 6.07) is 0. The number of aryl methyl sites for hydroxylation is 1. The number of nitrogens with zero attached hydrogens (tertiary/aromatic N) is 2. The van der Waals surface area contributed by atoms with Crippen LogP contribution in [0.5, 0.6) is 0 Å². The number of nitrogens with two attached hydrogens (primary N) is 1. The van der Waals surface area contributed by atoms with Crippen LogP contribution in [0.3, 0.4) is 0 Å². The molecule has 1 aromatic heterocycles. The fourth-order valence-electron chi connectivity index (χ4n) is 2.25. The highest BCUT2D eigenvalue weighted by Crippen LogP contribution is 2.28. The quantitative estimate of drug-likeness (QED) is 0.829. The average Bonchev–Trinajstić information content (AvgIpc) is 2.50. The maximum atomic E-state index is 11.8. The number of aromatic nitrogens is 2. The van der Waals surface area contributed by atoms with Crippen molar-refractivity contribution in [2.45, 2.75) is 46.1 Å². The molecular formula is C13H22N4O. The standard InChI is InChI=1S/C13H22N4O/c1-9-13(14)10(2)17(16-9)8-12(18)15-7-6-11-4-3-5-11/h11H,3-8,14H2,1-2H3,(H,15,18). The van der Waals surface area contributed by atoms with E-state index in [1.165, 1.54) is 19.3 Å². The van der Waals surface area contributed by atoms with Crippen molar-refractivity contribution >= 4 is 11.6 Å². The smallest absolute Gasteiger partial charge is 0.241 e. The van der Waals surface area contributed by atoms with E-state index < -0.39 is 0 Å². The summed E-state index contributed by atoms with van der Waals surface area (Å²) in [5.41, 5.74) is 8.16. The number of rotatable bonds is 5. The van der Waals surface area contributed by atoms with Gasteiger partial charge in [0.05, 0.1) is 17.1 Å². The summed E-state index contributed by atoms with van der Waals surface area (Å²) in [5, 5.41) is 7.20. The third-order valence-corrected chi connectivity index (χ3v) is 3.83. The van der Waals surface area contributed by atoms with E-state index in [4.69, 9.17) is 5.73 Å². The van der Waals surface area contributed by atoms with Gasteiger partial charge in [0.15, 0.2) is 0 Å². The van der Waals surface area contributed by atoms with E-state index in [0.717, 1.165) is 30.3 Å². The second kappa shape index (κ2) is 5.42. The molecule has 3 N–H and O–H groups in total. The zero-order chi connectivity index (χ0) is 13.1. The number of carbonyl (C=O) groups excluding carboxylic acids is 1. The maximum Gasteiger partial charge on any atom is 0.241 e. The minimum absolute atomic E-state index is 0.0138. The SMILES string of the molecule is Cc1nn(CC(=O)NCCC2CCC2)c(C)c1N. The average molecular weight is 250 g/mol. The molecule has 0 aromatic carbocycles.